The van der Waals surface area contributed by atoms with Gasteiger partial charge in [0.05, 0.1) is 11.0 Å². The van der Waals surface area contributed by atoms with E-state index < -0.39 is 4.92 Å². The highest BCUT2D eigenvalue weighted by molar-refractivity contribution is 5.60. The minimum atomic E-state index is -0.468. The number of pyridine rings is 1. The van der Waals surface area contributed by atoms with Crippen LogP contribution in [-0.2, 0) is 4.74 Å². The van der Waals surface area contributed by atoms with Gasteiger partial charge < -0.3 is 15.5 Å². The minimum absolute atomic E-state index is 0.0643. The van der Waals surface area contributed by atoms with Crippen molar-refractivity contribution in [3.05, 3.63) is 22.2 Å². The molecule has 0 aliphatic carbocycles. The molecule has 2 unspecified atom stereocenters. The summed E-state index contributed by atoms with van der Waals surface area (Å²) in [5.41, 5.74) is 2.31. The van der Waals surface area contributed by atoms with Gasteiger partial charge in [-0.2, -0.15) is 0 Å². The lowest BCUT2D eigenvalue weighted by Gasteiger charge is -2.15. The van der Waals surface area contributed by atoms with Crippen LogP contribution >= 0.6 is 0 Å². The Bertz CT molecular complexity index is 468. The standard InChI is InChI=1S/C11H17N5O3/c1-7-8(4-5-19-7)6-13-11-9(16(17)18)2-3-10(14-11)15-12/h2-3,7-8H,4-6,12H2,1H3,(H2,13,14,15). The molecule has 104 valence electrons. The average molecular weight is 267 g/mol. The predicted octanol–water partition coefficient (Wildman–Crippen LogP) is 1.11. The lowest BCUT2D eigenvalue weighted by molar-refractivity contribution is -0.384. The van der Waals surface area contributed by atoms with Gasteiger partial charge in [-0.3, -0.25) is 10.1 Å². The van der Waals surface area contributed by atoms with Crippen molar-refractivity contribution < 1.29 is 9.66 Å². The van der Waals surface area contributed by atoms with E-state index in [0.29, 0.717) is 18.3 Å². The summed E-state index contributed by atoms with van der Waals surface area (Å²) in [5.74, 6) is 6.18. The molecule has 1 saturated heterocycles. The molecular formula is C11H17N5O3. The molecule has 1 aliphatic rings. The third-order valence-electron chi connectivity index (χ3n) is 3.28. The second-order valence-corrected chi connectivity index (χ2v) is 4.47. The van der Waals surface area contributed by atoms with Crippen LogP contribution < -0.4 is 16.6 Å². The Hall–Kier alpha value is -1.93. The van der Waals surface area contributed by atoms with Crippen LogP contribution in [0.25, 0.3) is 0 Å². The first-order valence-electron chi connectivity index (χ1n) is 6.09. The number of nitrogens with zero attached hydrogens (tertiary/aromatic N) is 2. The maximum absolute atomic E-state index is 10.9. The van der Waals surface area contributed by atoms with E-state index in [0.717, 1.165) is 13.0 Å². The summed E-state index contributed by atoms with van der Waals surface area (Å²) in [4.78, 5) is 14.5. The first kappa shape index (κ1) is 13.5. The van der Waals surface area contributed by atoms with E-state index in [1.54, 1.807) is 0 Å². The monoisotopic (exact) mass is 267 g/mol. The summed E-state index contributed by atoms with van der Waals surface area (Å²) < 4.78 is 5.45. The van der Waals surface area contributed by atoms with Crippen molar-refractivity contribution in [3.8, 4) is 0 Å². The van der Waals surface area contributed by atoms with Crippen LogP contribution in [0.5, 0.6) is 0 Å². The van der Waals surface area contributed by atoms with Crippen molar-refractivity contribution in [1.82, 2.24) is 4.98 Å². The summed E-state index contributed by atoms with van der Waals surface area (Å²) in [7, 11) is 0. The number of nitro groups is 1. The highest BCUT2D eigenvalue weighted by Crippen LogP contribution is 2.26. The minimum Gasteiger partial charge on any atom is -0.378 e. The zero-order valence-electron chi connectivity index (χ0n) is 10.6. The number of nitrogens with two attached hydrogens (primary N) is 1. The molecule has 8 heteroatoms. The molecular weight excluding hydrogens is 250 g/mol. The fourth-order valence-corrected chi connectivity index (χ4v) is 2.08. The second-order valence-electron chi connectivity index (χ2n) is 4.47. The molecule has 1 aromatic rings. The van der Waals surface area contributed by atoms with Gasteiger partial charge in [-0.1, -0.05) is 0 Å². The predicted molar refractivity (Wildman–Crippen MR) is 70.7 cm³/mol. The van der Waals surface area contributed by atoms with Gasteiger partial charge in [-0.05, 0) is 19.4 Å². The fourth-order valence-electron chi connectivity index (χ4n) is 2.08. The molecule has 8 nitrogen and oxygen atoms in total. The van der Waals surface area contributed by atoms with Crippen molar-refractivity contribution in [3.63, 3.8) is 0 Å². The molecule has 4 N–H and O–H groups in total. The Balaban J connectivity index is 2.10. The lowest BCUT2D eigenvalue weighted by Crippen LogP contribution is -2.22. The summed E-state index contributed by atoms with van der Waals surface area (Å²) in [5, 5.41) is 13.9. The van der Waals surface area contributed by atoms with E-state index in [1.165, 1.54) is 12.1 Å². The third-order valence-corrected chi connectivity index (χ3v) is 3.28. The Labute approximate surface area is 110 Å². The van der Waals surface area contributed by atoms with Crippen LogP contribution in [-0.4, -0.2) is 29.2 Å². The molecule has 1 aromatic heterocycles. The van der Waals surface area contributed by atoms with E-state index in [-0.39, 0.29) is 17.6 Å². The van der Waals surface area contributed by atoms with Gasteiger partial charge >= 0.3 is 5.69 Å². The summed E-state index contributed by atoms with van der Waals surface area (Å²) in [6.07, 6.45) is 1.10. The maximum Gasteiger partial charge on any atom is 0.311 e. The highest BCUT2D eigenvalue weighted by Gasteiger charge is 2.25. The zero-order valence-corrected chi connectivity index (χ0v) is 10.6. The molecule has 0 bridgehead atoms. The maximum atomic E-state index is 10.9. The highest BCUT2D eigenvalue weighted by atomic mass is 16.6. The van der Waals surface area contributed by atoms with E-state index in [4.69, 9.17) is 10.6 Å². The first-order chi connectivity index (χ1) is 9.11. The van der Waals surface area contributed by atoms with Crippen molar-refractivity contribution in [2.75, 3.05) is 23.9 Å². The quantitative estimate of drug-likeness (QED) is 0.416. The summed E-state index contributed by atoms with van der Waals surface area (Å²) in [6, 6.07) is 2.84. The average Bonchev–Trinajstić information content (AvgIpc) is 2.81. The van der Waals surface area contributed by atoms with Crippen molar-refractivity contribution in [2.45, 2.75) is 19.4 Å². The van der Waals surface area contributed by atoms with Gasteiger partial charge in [-0.15, -0.1) is 0 Å². The largest absolute Gasteiger partial charge is 0.378 e. The second kappa shape index (κ2) is 5.81. The van der Waals surface area contributed by atoms with Crippen LogP contribution in [0.1, 0.15) is 13.3 Å². The normalized spacial score (nSPS) is 22.2. The lowest BCUT2D eigenvalue weighted by atomic mass is 10.0. The number of ether oxygens (including phenoxy) is 1. The van der Waals surface area contributed by atoms with Crippen LogP contribution in [0.2, 0.25) is 0 Å². The van der Waals surface area contributed by atoms with E-state index in [2.05, 4.69) is 15.7 Å². The Morgan fingerprint density at radius 2 is 2.42 bits per heavy atom. The van der Waals surface area contributed by atoms with Gasteiger partial charge in [0.1, 0.15) is 5.82 Å². The topological polar surface area (TPSA) is 115 Å². The number of nitrogen functional groups attached to an aromatic ring is 1. The number of rotatable bonds is 5. The van der Waals surface area contributed by atoms with Crippen LogP contribution in [0.15, 0.2) is 12.1 Å². The molecule has 0 amide bonds. The van der Waals surface area contributed by atoms with Crippen LogP contribution in [0.4, 0.5) is 17.3 Å². The zero-order chi connectivity index (χ0) is 13.8. The van der Waals surface area contributed by atoms with Crippen LogP contribution in [0.3, 0.4) is 0 Å². The van der Waals surface area contributed by atoms with E-state index >= 15 is 0 Å². The third kappa shape index (κ3) is 3.09. The van der Waals surface area contributed by atoms with Gasteiger partial charge in [0.25, 0.3) is 0 Å². The molecule has 0 aromatic carbocycles. The van der Waals surface area contributed by atoms with Gasteiger partial charge in [0, 0.05) is 25.1 Å². The number of hydrogen-bond donors (Lipinski definition) is 3. The van der Waals surface area contributed by atoms with Crippen molar-refractivity contribution in [1.29, 1.82) is 0 Å². The molecule has 19 heavy (non-hydrogen) atoms. The van der Waals surface area contributed by atoms with Crippen LogP contribution in [0, 0.1) is 16.0 Å². The van der Waals surface area contributed by atoms with E-state index in [9.17, 15) is 10.1 Å². The molecule has 1 fully saturated rings. The van der Waals surface area contributed by atoms with E-state index in [1.807, 2.05) is 6.92 Å². The SMILES string of the molecule is CC1OCCC1CNc1nc(NN)ccc1[N+](=O)[O-]. The Morgan fingerprint density at radius 3 is 3.00 bits per heavy atom. The van der Waals surface area contributed by atoms with Gasteiger partial charge in [0.2, 0.25) is 5.82 Å². The molecule has 1 aliphatic heterocycles. The number of anilines is 2. The fraction of sp³-hybridized carbons (Fsp3) is 0.545. The summed E-state index contributed by atoms with van der Waals surface area (Å²) >= 11 is 0. The first-order valence-corrected chi connectivity index (χ1v) is 6.09. The summed E-state index contributed by atoms with van der Waals surface area (Å²) in [6.45, 7) is 3.31. The van der Waals surface area contributed by atoms with Crippen molar-refractivity contribution in [2.24, 2.45) is 11.8 Å². The molecule has 2 rings (SSSR count). The molecule has 2 atom stereocenters. The Morgan fingerprint density at radius 1 is 1.63 bits per heavy atom. The molecule has 0 saturated carbocycles. The molecule has 0 radical (unpaired) electrons. The Kier molecular flexibility index (Phi) is 4.13. The molecule has 2 heterocycles. The van der Waals surface area contributed by atoms with Gasteiger partial charge in [-0.25, -0.2) is 10.8 Å². The molecule has 0 spiro atoms. The number of hydrogen-bond acceptors (Lipinski definition) is 7. The number of nitrogens with one attached hydrogen (secondary N) is 2. The number of hydrazine groups is 1. The van der Waals surface area contributed by atoms with Gasteiger partial charge in [0.15, 0.2) is 0 Å². The van der Waals surface area contributed by atoms with Crippen molar-refractivity contribution >= 4 is 17.3 Å². The smallest absolute Gasteiger partial charge is 0.311 e. The number of aromatic nitrogens is 1.